The molecule has 0 aliphatic heterocycles. The summed E-state index contributed by atoms with van der Waals surface area (Å²) in [4.78, 5) is 5.22. The van der Waals surface area contributed by atoms with Gasteiger partial charge in [0.2, 0.25) is 0 Å². The molecule has 0 amide bonds. The van der Waals surface area contributed by atoms with Crippen molar-refractivity contribution in [3.63, 3.8) is 0 Å². The molecule has 0 saturated heterocycles. The second-order valence-corrected chi connectivity index (χ2v) is 8.34. The van der Waals surface area contributed by atoms with Crippen molar-refractivity contribution in [2.45, 2.75) is 13.0 Å². The third-order valence-corrected chi connectivity index (χ3v) is 6.19. The summed E-state index contributed by atoms with van der Waals surface area (Å²) in [5.41, 5.74) is 6.66. The van der Waals surface area contributed by atoms with E-state index in [0.717, 1.165) is 58.4 Å². The van der Waals surface area contributed by atoms with Gasteiger partial charge < -0.3 is 14.0 Å². The van der Waals surface area contributed by atoms with E-state index in [1.165, 1.54) is 5.56 Å². The maximum Gasteiger partial charge on any atom is 0.141 e. The Balaban J connectivity index is 1.66. The third kappa shape index (κ3) is 4.82. The summed E-state index contributed by atoms with van der Waals surface area (Å²) in [5.74, 6) is 2.64. The maximum atomic E-state index is 5.39. The first kappa shape index (κ1) is 22.5. The van der Waals surface area contributed by atoms with Gasteiger partial charge in [0.1, 0.15) is 17.3 Å². The fourth-order valence-corrected chi connectivity index (χ4v) is 4.35. The van der Waals surface area contributed by atoms with Crippen LogP contribution in [0.25, 0.3) is 33.9 Å². The molecule has 1 aromatic heterocycles. The molecule has 0 aliphatic rings. The van der Waals surface area contributed by atoms with Crippen LogP contribution in [0.4, 0.5) is 0 Å². The Bertz CT molecular complexity index is 1370. The quantitative estimate of drug-likeness (QED) is 0.247. The lowest BCUT2D eigenvalue weighted by atomic mass is 10.0. The summed E-state index contributed by atoms with van der Waals surface area (Å²) in [6.07, 6.45) is 0.873. The van der Waals surface area contributed by atoms with E-state index in [-0.39, 0.29) is 0 Å². The molecular weight excluding hydrogens is 432 g/mol. The first-order chi connectivity index (χ1) is 17.3. The fourth-order valence-electron chi connectivity index (χ4n) is 4.35. The predicted molar refractivity (Wildman–Crippen MR) is 142 cm³/mol. The number of hydrogen-bond donors (Lipinski definition) is 0. The van der Waals surface area contributed by atoms with Crippen molar-refractivity contribution in [1.29, 1.82) is 0 Å². The SMILES string of the molecule is COc1ccc(CCn2c(-c3ccc(OC)cc3)nc(-c3ccccc3)c2-c2ccccc2)cc1. The lowest BCUT2D eigenvalue weighted by molar-refractivity contribution is 0.414. The number of methoxy groups -OCH3 is 2. The van der Waals surface area contributed by atoms with E-state index in [4.69, 9.17) is 14.5 Å². The van der Waals surface area contributed by atoms with Gasteiger partial charge in [0.05, 0.1) is 25.6 Å². The van der Waals surface area contributed by atoms with Crippen molar-refractivity contribution in [2.24, 2.45) is 0 Å². The lowest BCUT2D eigenvalue weighted by Crippen LogP contribution is -2.06. The molecule has 0 spiro atoms. The number of benzene rings is 4. The maximum absolute atomic E-state index is 5.39. The summed E-state index contributed by atoms with van der Waals surface area (Å²) in [6.45, 7) is 0.789. The Morgan fingerprint density at radius 2 is 1.14 bits per heavy atom. The second-order valence-electron chi connectivity index (χ2n) is 8.34. The molecule has 0 radical (unpaired) electrons. The van der Waals surface area contributed by atoms with Gasteiger partial charge in [-0.3, -0.25) is 0 Å². The molecular formula is C31H28N2O2. The molecule has 0 atom stereocenters. The van der Waals surface area contributed by atoms with Crippen molar-refractivity contribution >= 4 is 0 Å². The third-order valence-electron chi connectivity index (χ3n) is 6.19. The van der Waals surface area contributed by atoms with Crippen molar-refractivity contribution in [3.8, 4) is 45.4 Å². The van der Waals surface area contributed by atoms with Crippen LogP contribution in [0.1, 0.15) is 5.56 Å². The smallest absolute Gasteiger partial charge is 0.141 e. The molecule has 5 rings (SSSR count). The van der Waals surface area contributed by atoms with Gasteiger partial charge in [0, 0.05) is 23.2 Å². The van der Waals surface area contributed by atoms with Crippen LogP contribution in [0.15, 0.2) is 109 Å². The summed E-state index contributed by atoms with van der Waals surface area (Å²) in [6, 6.07) is 37.4. The highest BCUT2D eigenvalue weighted by atomic mass is 16.5. The van der Waals surface area contributed by atoms with E-state index < -0.39 is 0 Å². The number of imidazole rings is 1. The topological polar surface area (TPSA) is 36.3 Å². The van der Waals surface area contributed by atoms with E-state index >= 15 is 0 Å². The molecule has 0 N–H and O–H groups in total. The standard InChI is InChI=1S/C31H28N2O2/c1-34-27-17-13-23(14-18-27)21-22-33-30(25-11-7-4-8-12-25)29(24-9-5-3-6-10-24)32-31(33)26-15-19-28(35-2)20-16-26/h3-20H,21-22H2,1-2H3. The number of aromatic nitrogens is 2. The van der Waals surface area contributed by atoms with Crippen molar-refractivity contribution in [1.82, 2.24) is 9.55 Å². The molecule has 0 aliphatic carbocycles. The summed E-state index contributed by atoms with van der Waals surface area (Å²) >= 11 is 0. The van der Waals surface area contributed by atoms with Crippen molar-refractivity contribution in [3.05, 3.63) is 115 Å². The molecule has 4 aromatic carbocycles. The van der Waals surface area contributed by atoms with Crippen molar-refractivity contribution in [2.75, 3.05) is 14.2 Å². The Morgan fingerprint density at radius 3 is 1.71 bits per heavy atom. The fraction of sp³-hybridized carbons (Fsp3) is 0.129. The van der Waals surface area contributed by atoms with Gasteiger partial charge in [-0.1, -0.05) is 72.8 Å². The van der Waals surface area contributed by atoms with Gasteiger partial charge in [-0.15, -0.1) is 0 Å². The van der Waals surface area contributed by atoms with E-state index in [0.29, 0.717) is 0 Å². The number of aryl methyl sites for hydroxylation is 1. The zero-order valence-electron chi connectivity index (χ0n) is 20.0. The number of hydrogen-bond acceptors (Lipinski definition) is 3. The zero-order chi connectivity index (χ0) is 24.0. The molecule has 0 saturated carbocycles. The van der Waals surface area contributed by atoms with Gasteiger partial charge in [-0.2, -0.15) is 0 Å². The average Bonchev–Trinajstić information content (AvgIpc) is 3.32. The van der Waals surface area contributed by atoms with Gasteiger partial charge in [-0.05, 0) is 48.4 Å². The zero-order valence-corrected chi connectivity index (χ0v) is 20.0. The Labute approximate surface area is 206 Å². The first-order valence-electron chi connectivity index (χ1n) is 11.8. The van der Waals surface area contributed by atoms with E-state index in [9.17, 15) is 0 Å². The molecule has 5 aromatic rings. The highest BCUT2D eigenvalue weighted by molar-refractivity contribution is 5.82. The van der Waals surface area contributed by atoms with E-state index in [1.807, 2.05) is 36.4 Å². The minimum atomic E-state index is 0.789. The minimum Gasteiger partial charge on any atom is -0.497 e. The highest BCUT2D eigenvalue weighted by Gasteiger charge is 2.21. The molecule has 0 bridgehead atoms. The van der Waals surface area contributed by atoms with Crippen LogP contribution in [0.5, 0.6) is 11.5 Å². The average molecular weight is 461 g/mol. The van der Waals surface area contributed by atoms with E-state index in [1.54, 1.807) is 14.2 Å². The number of rotatable bonds is 8. The molecule has 0 unspecified atom stereocenters. The van der Waals surface area contributed by atoms with Crippen molar-refractivity contribution < 1.29 is 9.47 Å². The van der Waals surface area contributed by atoms with Gasteiger partial charge >= 0.3 is 0 Å². The monoisotopic (exact) mass is 460 g/mol. The highest BCUT2D eigenvalue weighted by Crippen LogP contribution is 2.37. The van der Waals surface area contributed by atoms with Gasteiger partial charge in [-0.25, -0.2) is 4.98 Å². The largest absolute Gasteiger partial charge is 0.497 e. The Morgan fingerprint density at radius 1 is 0.600 bits per heavy atom. The molecule has 35 heavy (non-hydrogen) atoms. The van der Waals surface area contributed by atoms with Crippen LogP contribution in [0.2, 0.25) is 0 Å². The second kappa shape index (κ2) is 10.3. The Hall–Kier alpha value is -4.31. The number of nitrogens with zero attached hydrogens (tertiary/aromatic N) is 2. The normalized spacial score (nSPS) is 10.8. The molecule has 4 nitrogen and oxygen atoms in total. The van der Waals surface area contributed by atoms with E-state index in [2.05, 4.69) is 77.4 Å². The number of ether oxygens (including phenoxy) is 2. The lowest BCUT2D eigenvalue weighted by Gasteiger charge is -2.14. The van der Waals surface area contributed by atoms with Crippen LogP contribution < -0.4 is 9.47 Å². The minimum absolute atomic E-state index is 0.789. The van der Waals surface area contributed by atoms with Gasteiger partial charge in [0.25, 0.3) is 0 Å². The van der Waals surface area contributed by atoms with Crippen LogP contribution in [-0.2, 0) is 13.0 Å². The van der Waals surface area contributed by atoms with Crippen LogP contribution in [0, 0.1) is 0 Å². The summed E-state index contributed by atoms with van der Waals surface area (Å²) < 4.78 is 13.1. The van der Waals surface area contributed by atoms with Crippen LogP contribution in [-0.4, -0.2) is 23.8 Å². The van der Waals surface area contributed by atoms with Gasteiger partial charge in [0.15, 0.2) is 0 Å². The summed E-state index contributed by atoms with van der Waals surface area (Å²) in [7, 11) is 3.38. The Kier molecular flexibility index (Phi) is 6.62. The predicted octanol–water partition coefficient (Wildman–Crippen LogP) is 7.14. The molecule has 0 fully saturated rings. The van der Waals surface area contributed by atoms with Crippen LogP contribution >= 0.6 is 0 Å². The summed E-state index contributed by atoms with van der Waals surface area (Å²) in [5, 5.41) is 0. The molecule has 4 heteroatoms. The van der Waals surface area contributed by atoms with Crippen LogP contribution in [0.3, 0.4) is 0 Å². The molecule has 174 valence electrons. The molecule has 1 heterocycles. The first-order valence-corrected chi connectivity index (χ1v) is 11.8.